The van der Waals surface area contributed by atoms with E-state index in [1.165, 1.54) is 6.07 Å². The van der Waals surface area contributed by atoms with Gasteiger partial charge in [0.25, 0.3) is 5.91 Å². The average molecular weight is 425 g/mol. The quantitative estimate of drug-likeness (QED) is 0.573. The van der Waals surface area contributed by atoms with E-state index < -0.39 is 10.0 Å². The summed E-state index contributed by atoms with van der Waals surface area (Å²) in [6.07, 6.45) is 1.07. The maximum atomic E-state index is 13.0. The van der Waals surface area contributed by atoms with E-state index >= 15 is 0 Å². The van der Waals surface area contributed by atoms with Crippen LogP contribution in [0.4, 0.5) is 5.69 Å². The SMILES string of the molecule is CCOc1ccc(C(NC(=O)c2cccc(NS(C)(=O)=O)c2)c2ccccc2)cc1. The molecule has 3 aromatic rings. The largest absolute Gasteiger partial charge is 0.494 e. The summed E-state index contributed by atoms with van der Waals surface area (Å²) >= 11 is 0. The van der Waals surface area contributed by atoms with Gasteiger partial charge in [-0.25, -0.2) is 8.42 Å². The molecule has 0 bridgehead atoms. The lowest BCUT2D eigenvalue weighted by molar-refractivity contribution is 0.0943. The fourth-order valence-electron chi connectivity index (χ4n) is 3.08. The van der Waals surface area contributed by atoms with Crippen molar-refractivity contribution in [3.05, 3.63) is 95.6 Å². The van der Waals surface area contributed by atoms with Crippen molar-refractivity contribution in [2.75, 3.05) is 17.6 Å². The van der Waals surface area contributed by atoms with Crippen molar-refractivity contribution >= 4 is 21.6 Å². The molecule has 3 aromatic carbocycles. The zero-order valence-electron chi connectivity index (χ0n) is 16.8. The Hall–Kier alpha value is -3.32. The summed E-state index contributed by atoms with van der Waals surface area (Å²) < 4.78 is 30.9. The number of rotatable bonds is 8. The normalized spacial score (nSPS) is 12.1. The molecule has 0 saturated heterocycles. The van der Waals surface area contributed by atoms with E-state index in [9.17, 15) is 13.2 Å². The van der Waals surface area contributed by atoms with E-state index in [1.54, 1.807) is 18.2 Å². The second-order valence-corrected chi connectivity index (χ2v) is 8.52. The van der Waals surface area contributed by atoms with Gasteiger partial charge < -0.3 is 10.1 Å². The van der Waals surface area contributed by atoms with Crippen LogP contribution in [-0.4, -0.2) is 27.2 Å². The van der Waals surface area contributed by atoms with Gasteiger partial charge in [-0.2, -0.15) is 0 Å². The maximum absolute atomic E-state index is 13.0. The molecule has 0 radical (unpaired) electrons. The first-order valence-corrected chi connectivity index (χ1v) is 11.4. The first-order chi connectivity index (χ1) is 14.4. The Morgan fingerprint density at radius 2 is 1.60 bits per heavy atom. The van der Waals surface area contributed by atoms with Crippen LogP contribution in [0, 0.1) is 0 Å². The molecule has 0 heterocycles. The van der Waals surface area contributed by atoms with Crippen molar-refractivity contribution in [3.63, 3.8) is 0 Å². The predicted octanol–water partition coefficient (Wildman–Crippen LogP) is 3.98. The van der Waals surface area contributed by atoms with Crippen molar-refractivity contribution in [1.82, 2.24) is 5.32 Å². The molecule has 0 fully saturated rings. The number of carbonyl (C=O) groups is 1. The lowest BCUT2D eigenvalue weighted by Gasteiger charge is -2.20. The molecule has 3 rings (SSSR count). The minimum Gasteiger partial charge on any atom is -0.494 e. The van der Waals surface area contributed by atoms with Crippen molar-refractivity contribution in [2.24, 2.45) is 0 Å². The molecule has 1 amide bonds. The summed E-state index contributed by atoms with van der Waals surface area (Å²) in [5.74, 6) is 0.453. The highest BCUT2D eigenvalue weighted by atomic mass is 32.2. The molecule has 1 unspecified atom stereocenters. The molecule has 0 aliphatic carbocycles. The van der Waals surface area contributed by atoms with Crippen LogP contribution in [-0.2, 0) is 10.0 Å². The summed E-state index contributed by atoms with van der Waals surface area (Å²) in [6.45, 7) is 2.50. The van der Waals surface area contributed by atoms with Crippen molar-refractivity contribution < 1.29 is 17.9 Å². The standard InChI is InChI=1S/C23H24N2O4S/c1-3-29-21-14-12-18(13-15-21)22(17-8-5-4-6-9-17)24-23(26)19-10-7-11-20(16-19)25-30(2,27)28/h4-16,22,25H,3H2,1-2H3,(H,24,26). The minimum atomic E-state index is -3.43. The molecule has 1 atom stereocenters. The molecule has 0 saturated carbocycles. The Labute approximate surface area is 177 Å². The fraction of sp³-hybridized carbons (Fsp3) is 0.174. The summed E-state index contributed by atoms with van der Waals surface area (Å²) in [6, 6.07) is 23.2. The Morgan fingerprint density at radius 3 is 2.23 bits per heavy atom. The van der Waals surface area contributed by atoms with Crippen LogP contribution in [0.3, 0.4) is 0 Å². The highest BCUT2D eigenvalue weighted by Crippen LogP contribution is 2.25. The number of sulfonamides is 1. The first-order valence-electron chi connectivity index (χ1n) is 9.52. The third-order valence-electron chi connectivity index (χ3n) is 4.36. The minimum absolute atomic E-state index is 0.310. The maximum Gasteiger partial charge on any atom is 0.252 e. The smallest absolute Gasteiger partial charge is 0.252 e. The average Bonchev–Trinajstić information content (AvgIpc) is 2.72. The molecular weight excluding hydrogens is 400 g/mol. The zero-order valence-corrected chi connectivity index (χ0v) is 17.6. The van der Waals surface area contributed by atoms with Crippen LogP contribution in [0.15, 0.2) is 78.9 Å². The number of hydrogen-bond acceptors (Lipinski definition) is 4. The predicted molar refractivity (Wildman–Crippen MR) is 118 cm³/mol. The number of amides is 1. The molecule has 0 spiro atoms. The second-order valence-electron chi connectivity index (χ2n) is 6.77. The van der Waals surface area contributed by atoms with Crippen LogP contribution in [0.5, 0.6) is 5.75 Å². The Morgan fingerprint density at radius 1 is 0.933 bits per heavy atom. The van der Waals surface area contributed by atoms with Crippen molar-refractivity contribution in [3.8, 4) is 5.75 Å². The lowest BCUT2D eigenvalue weighted by Crippen LogP contribution is -2.29. The molecule has 156 valence electrons. The van der Waals surface area contributed by atoms with Crippen molar-refractivity contribution in [2.45, 2.75) is 13.0 Å². The van der Waals surface area contributed by atoms with Gasteiger partial charge in [0.1, 0.15) is 5.75 Å². The zero-order chi connectivity index (χ0) is 21.6. The van der Waals surface area contributed by atoms with Gasteiger partial charge >= 0.3 is 0 Å². The highest BCUT2D eigenvalue weighted by molar-refractivity contribution is 7.92. The summed E-state index contributed by atoms with van der Waals surface area (Å²) in [4.78, 5) is 13.0. The fourth-order valence-corrected chi connectivity index (χ4v) is 3.64. The van der Waals surface area contributed by atoms with E-state index in [1.807, 2.05) is 61.5 Å². The van der Waals surface area contributed by atoms with Crippen LogP contribution >= 0.6 is 0 Å². The molecule has 30 heavy (non-hydrogen) atoms. The Kier molecular flexibility index (Phi) is 6.74. The van der Waals surface area contributed by atoms with E-state index in [-0.39, 0.29) is 11.9 Å². The Bertz CT molecular complexity index is 1100. The number of hydrogen-bond donors (Lipinski definition) is 2. The molecule has 0 aromatic heterocycles. The lowest BCUT2D eigenvalue weighted by atomic mass is 9.98. The van der Waals surface area contributed by atoms with Gasteiger partial charge in [-0.1, -0.05) is 48.5 Å². The van der Waals surface area contributed by atoms with Gasteiger partial charge in [0.2, 0.25) is 10.0 Å². The van der Waals surface area contributed by atoms with Crippen LogP contribution < -0.4 is 14.8 Å². The summed E-state index contributed by atoms with van der Waals surface area (Å²) in [5.41, 5.74) is 2.53. The number of ether oxygens (including phenoxy) is 1. The third kappa shape index (κ3) is 5.84. The van der Waals surface area contributed by atoms with Crippen LogP contribution in [0.2, 0.25) is 0 Å². The molecule has 7 heteroatoms. The molecule has 6 nitrogen and oxygen atoms in total. The van der Waals surface area contributed by atoms with E-state index in [0.717, 1.165) is 23.1 Å². The molecule has 0 aliphatic rings. The summed E-state index contributed by atoms with van der Waals surface area (Å²) in [7, 11) is -3.43. The monoisotopic (exact) mass is 424 g/mol. The first kappa shape index (κ1) is 21.4. The highest BCUT2D eigenvalue weighted by Gasteiger charge is 2.18. The van der Waals surface area contributed by atoms with Gasteiger partial charge in [0.05, 0.1) is 18.9 Å². The Balaban J connectivity index is 1.88. The number of benzene rings is 3. The van der Waals surface area contributed by atoms with Gasteiger partial charge in [0.15, 0.2) is 0 Å². The summed E-state index contributed by atoms with van der Waals surface area (Å²) in [5, 5.41) is 3.05. The van der Waals surface area contributed by atoms with Crippen LogP contribution in [0.1, 0.15) is 34.5 Å². The third-order valence-corrected chi connectivity index (χ3v) is 4.97. The molecular formula is C23H24N2O4S. The van der Waals surface area contributed by atoms with E-state index in [0.29, 0.717) is 17.9 Å². The molecule has 2 N–H and O–H groups in total. The van der Waals surface area contributed by atoms with Crippen LogP contribution in [0.25, 0.3) is 0 Å². The van der Waals surface area contributed by atoms with E-state index in [4.69, 9.17) is 4.74 Å². The molecule has 0 aliphatic heterocycles. The van der Waals surface area contributed by atoms with Gasteiger partial charge in [-0.3, -0.25) is 9.52 Å². The van der Waals surface area contributed by atoms with Crippen molar-refractivity contribution in [1.29, 1.82) is 0 Å². The van der Waals surface area contributed by atoms with Gasteiger partial charge in [0, 0.05) is 11.3 Å². The van der Waals surface area contributed by atoms with E-state index in [2.05, 4.69) is 10.0 Å². The van der Waals surface area contributed by atoms with Gasteiger partial charge in [-0.05, 0) is 48.4 Å². The number of anilines is 1. The topological polar surface area (TPSA) is 84.5 Å². The second kappa shape index (κ2) is 9.45. The number of carbonyl (C=O) groups excluding carboxylic acids is 1. The number of nitrogens with one attached hydrogen (secondary N) is 2. The van der Waals surface area contributed by atoms with Gasteiger partial charge in [-0.15, -0.1) is 0 Å².